The maximum Gasteiger partial charge on any atom is 0.368 e. The lowest BCUT2D eigenvalue weighted by Crippen LogP contribution is -2.00. The Morgan fingerprint density at radius 3 is 2.52 bits per heavy atom. The Labute approximate surface area is 120 Å². The Morgan fingerprint density at radius 1 is 1.19 bits per heavy atom. The van der Waals surface area contributed by atoms with Crippen molar-refractivity contribution in [1.82, 2.24) is 9.97 Å². The smallest absolute Gasteiger partial charge is 0.368 e. The van der Waals surface area contributed by atoms with Gasteiger partial charge in [-0.25, -0.2) is 9.37 Å². The van der Waals surface area contributed by atoms with Gasteiger partial charge in [0.05, 0.1) is 9.85 Å². The predicted octanol–water partition coefficient (Wildman–Crippen LogP) is 2.88. The van der Waals surface area contributed by atoms with Crippen LogP contribution in [0.25, 0.3) is 0 Å². The van der Waals surface area contributed by atoms with Gasteiger partial charge in [-0.1, -0.05) is 11.6 Å². The lowest BCUT2D eigenvalue weighted by Gasteiger charge is -2.06. The Morgan fingerprint density at radius 2 is 1.90 bits per heavy atom. The average molecular weight is 315 g/mol. The molecule has 0 saturated carbocycles. The van der Waals surface area contributed by atoms with E-state index in [0.29, 0.717) is 6.07 Å². The average Bonchev–Trinajstić information content (AvgIpc) is 2.37. The molecule has 9 nitrogen and oxygen atoms in total. The van der Waals surface area contributed by atoms with Gasteiger partial charge in [0, 0.05) is 12.1 Å². The predicted molar refractivity (Wildman–Crippen MR) is 66.8 cm³/mol. The fourth-order valence-corrected chi connectivity index (χ4v) is 1.59. The van der Waals surface area contributed by atoms with E-state index in [2.05, 4.69) is 9.97 Å². The largest absolute Gasteiger partial charge is 0.426 e. The van der Waals surface area contributed by atoms with Crippen LogP contribution in [0.15, 0.2) is 24.5 Å². The van der Waals surface area contributed by atoms with Gasteiger partial charge in [0.15, 0.2) is 0 Å². The van der Waals surface area contributed by atoms with Crippen molar-refractivity contribution in [2.75, 3.05) is 0 Å². The van der Waals surface area contributed by atoms with Crippen molar-refractivity contribution in [2.45, 2.75) is 0 Å². The van der Waals surface area contributed by atoms with E-state index in [0.717, 1.165) is 18.5 Å². The lowest BCUT2D eigenvalue weighted by molar-refractivity contribution is -0.387. The highest BCUT2D eigenvalue weighted by Gasteiger charge is 2.26. The summed E-state index contributed by atoms with van der Waals surface area (Å²) in [6.07, 6.45) is 0.871. The lowest BCUT2D eigenvalue weighted by atomic mass is 10.3. The quantitative estimate of drug-likeness (QED) is 0.483. The number of hydrogen-bond donors (Lipinski definition) is 0. The van der Waals surface area contributed by atoms with Crippen LogP contribution in [0, 0.1) is 26.0 Å². The molecule has 0 N–H and O–H groups in total. The van der Waals surface area contributed by atoms with Crippen LogP contribution in [-0.4, -0.2) is 19.8 Å². The minimum atomic E-state index is -0.914. The van der Waals surface area contributed by atoms with E-state index in [9.17, 15) is 24.6 Å². The number of benzene rings is 1. The van der Waals surface area contributed by atoms with E-state index in [1.807, 2.05) is 0 Å². The molecule has 0 amide bonds. The van der Waals surface area contributed by atoms with Crippen LogP contribution in [0.1, 0.15) is 0 Å². The first kappa shape index (κ1) is 14.5. The number of nitro benzene ring substituents is 1. The molecule has 0 fully saturated rings. The first-order valence-corrected chi connectivity index (χ1v) is 5.54. The summed E-state index contributed by atoms with van der Waals surface area (Å²) in [6, 6.07) is 2.42. The fourth-order valence-electron chi connectivity index (χ4n) is 1.40. The molecule has 2 rings (SSSR count). The van der Waals surface area contributed by atoms with Crippen molar-refractivity contribution in [3.63, 3.8) is 0 Å². The van der Waals surface area contributed by atoms with Crippen LogP contribution in [0.3, 0.4) is 0 Å². The Hall–Kier alpha value is -2.88. The van der Waals surface area contributed by atoms with E-state index in [-0.39, 0.29) is 0 Å². The molecule has 1 aromatic carbocycles. The molecular formula is C10H4ClFN4O5. The summed E-state index contributed by atoms with van der Waals surface area (Å²) in [5.74, 6) is -2.00. The summed E-state index contributed by atoms with van der Waals surface area (Å²) in [5.41, 5.74) is -1.36. The van der Waals surface area contributed by atoms with Crippen molar-refractivity contribution >= 4 is 23.0 Å². The van der Waals surface area contributed by atoms with Gasteiger partial charge in [-0.15, -0.1) is 0 Å². The van der Waals surface area contributed by atoms with Crippen molar-refractivity contribution < 1.29 is 19.0 Å². The highest BCUT2D eigenvalue weighted by molar-refractivity contribution is 6.31. The van der Waals surface area contributed by atoms with E-state index in [4.69, 9.17) is 16.3 Å². The number of halogens is 2. The van der Waals surface area contributed by atoms with Gasteiger partial charge in [-0.3, -0.25) is 20.2 Å². The monoisotopic (exact) mass is 314 g/mol. The molecular weight excluding hydrogens is 311 g/mol. The molecule has 0 aliphatic carbocycles. The number of rotatable bonds is 4. The molecule has 0 saturated heterocycles. The number of ether oxygens (including phenoxy) is 1. The van der Waals surface area contributed by atoms with Gasteiger partial charge in [-0.05, 0) is 6.07 Å². The highest BCUT2D eigenvalue weighted by Crippen LogP contribution is 2.37. The van der Waals surface area contributed by atoms with Gasteiger partial charge < -0.3 is 4.74 Å². The number of hydrogen-bond acceptors (Lipinski definition) is 7. The second-order valence-electron chi connectivity index (χ2n) is 3.55. The van der Waals surface area contributed by atoms with Crippen LogP contribution >= 0.6 is 11.6 Å². The van der Waals surface area contributed by atoms with Crippen molar-refractivity contribution in [3.8, 4) is 11.6 Å². The third-order valence-corrected chi connectivity index (χ3v) is 2.53. The Balaban J connectivity index is 2.53. The second-order valence-corrected chi connectivity index (χ2v) is 3.90. The molecule has 0 radical (unpaired) electrons. The molecule has 2 aromatic rings. The highest BCUT2D eigenvalue weighted by atomic mass is 35.5. The molecule has 21 heavy (non-hydrogen) atoms. The molecule has 1 heterocycles. The standard InChI is InChI=1S/C10H4ClFN4O5/c11-9-8(16(19)20)10(14-4-13-9)21-7-3-5(12)1-2-6(7)15(17)18/h1-4H. The molecule has 0 bridgehead atoms. The molecule has 0 unspecified atom stereocenters. The zero-order chi connectivity index (χ0) is 15.6. The Bertz CT molecular complexity index is 741. The van der Waals surface area contributed by atoms with E-state index in [1.165, 1.54) is 0 Å². The van der Waals surface area contributed by atoms with E-state index < -0.39 is 43.8 Å². The third kappa shape index (κ3) is 3.00. The molecule has 1 aromatic heterocycles. The maximum atomic E-state index is 13.2. The van der Waals surface area contributed by atoms with Crippen molar-refractivity contribution in [1.29, 1.82) is 0 Å². The van der Waals surface area contributed by atoms with Gasteiger partial charge in [0.1, 0.15) is 12.1 Å². The van der Waals surface area contributed by atoms with Gasteiger partial charge >= 0.3 is 17.3 Å². The summed E-state index contributed by atoms with van der Waals surface area (Å²) >= 11 is 5.54. The number of aromatic nitrogens is 2. The summed E-state index contributed by atoms with van der Waals surface area (Å²) in [5, 5.41) is 21.2. The molecule has 11 heteroatoms. The third-order valence-electron chi connectivity index (χ3n) is 2.25. The minimum absolute atomic E-state index is 0.510. The van der Waals surface area contributed by atoms with Crippen molar-refractivity contribution in [3.05, 3.63) is 55.7 Å². The zero-order valence-electron chi connectivity index (χ0n) is 9.90. The van der Waals surface area contributed by atoms with Gasteiger partial charge in [0.2, 0.25) is 10.9 Å². The molecule has 0 atom stereocenters. The molecule has 0 aliphatic heterocycles. The zero-order valence-corrected chi connectivity index (χ0v) is 10.7. The summed E-state index contributed by atoms with van der Waals surface area (Å²) in [6.45, 7) is 0. The van der Waals surface area contributed by atoms with Gasteiger partial charge in [0.25, 0.3) is 0 Å². The minimum Gasteiger partial charge on any atom is -0.426 e. The number of nitro groups is 2. The van der Waals surface area contributed by atoms with E-state index in [1.54, 1.807) is 0 Å². The van der Waals surface area contributed by atoms with Crippen molar-refractivity contribution in [2.24, 2.45) is 0 Å². The molecule has 0 spiro atoms. The first-order chi connectivity index (χ1) is 9.90. The summed E-state index contributed by atoms with van der Waals surface area (Å²) in [7, 11) is 0. The summed E-state index contributed by atoms with van der Waals surface area (Å²) in [4.78, 5) is 26.8. The maximum absolute atomic E-state index is 13.2. The van der Waals surface area contributed by atoms with E-state index >= 15 is 0 Å². The summed E-state index contributed by atoms with van der Waals surface area (Å²) < 4.78 is 18.1. The van der Waals surface area contributed by atoms with Crippen LogP contribution in [-0.2, 0) is 0 Å². The molecule has 0 aliphatic rings. The molecule has 108 valence electrons. The Kier molecular flexibility index (Phi) is 3.89. The normalized spacial score (nSPS) is 10.2. The SMILES string of the molecule is O=[N+]([O-])c1ccc(F)cc1Oc1ncnc(Cl)c1[N+](=O)[O-]. The second kappa shape index (κ2) is 5.63. The van der Waals surface area contributed by atoms with Crippen LogP contribution in [0.2, 0.25) is 5.15 Å². The first-order valence-electron chi connectivity index (χ1n) is 5.17. The van der Waals surface area contributed by atoms with Crippen LogP contribution in [0.5, 0.6) is 11.6 Å². The number of nitrogens with zero attached hydrogens (tertiary/aromatic N) is 4. The van der Waals surface area contributed by atoms with Crippen LogP contribution < -0.4 is 4.74 Å². The van der Waals surface area contributed by atoms with Crippen LogP contribution in [0.4, 0.5) is 15.8 Å². The topological polar surface area (TPSA) is 121 Å². The fraction of sp³-hybridized carbons (Fsp3) is 0. The van der Waals surface area contributed by atoms with Gasteiger partial charge in [-0.2, -0.15) is 4.98 Å².